The number of hydrogen-bond donors (Lipinski definition) is 2. The first-order chi connectivity index (χ1) is 8.26. The van der Waals surface area contributed by atoms with Crippen molar-refractivity contribution in [2.75, 3.05) is 26.2 Å². The largest absolute Gasteiger partial charge is 0.363 e. The highest BCUT2D eigenvalue weighted by atomic mass is 32.1. The molecule has 0 aromatic carbocycles. The van der Waals surface area contributed by atoms with Crippen molar-refractivity contribution in [2.24, 2.45) is 0 Å². The fraction of sp³-hybridized carbons (Fsp3) is 0.923. The molecule has 0 aromatic heterocycles. The zero-order valence-corrected chi connectivity index (χ0v) is 12.1. The second kappa shape index (κ2) is 8.70. The zero-order chi connectivity index (χ0) is 12.5. The van der Waals surface area contributed by atoms with E-state index in [2.05, 4.69) is 29.4 Å². The van der Waals surface area contributed by atoms with Gasteiger partial charge in [0.15, 0.2) is 5.11 Å². The minimum Gasteiger partial charge on any atom is -0.363 e. The van der Waals surface area contributed by atoms with Gasteiger partial charge in [0.25, 0.3) is 0 Å². The van der Waals surface area contributed by atoms with Crippen LogP contribution in [0.15, 0.2) is 0 Å². The number of thiocarbonyl (C=S) groups is 1. The van der Waals surface area contributed by atoms with Crippen LogP contribution in [-0.4, -0.2) is 42.2 Å². The molecule has 1 fully saturated rings. The minimum absolute atomic E-state index is 0.574. The van der Waals surface area contributed by atoms with Crippen LogP contribution < -0.4 is 10.6 Å². The van der Waals surface area contributed by atoms with Gasteiger partial charge < -0.3 is 15.5 Å². The van der Waals surface area contributed by atoms with Crippen molar-refractivity contribution < 1.29 is 0 Å². The number of likely N-dealkylation sites (tertiary alicyclic amines) is 1. The number of nitrogens with zero attached hydrogens (tertiary/aromatic N) is 1. The Balaban J connectivity index is 2.10. The van der Waals surface area contributed by atoms with Gasteiger partial charge in [-0.05, 0) is 44.4 Å². The third-order valence-corrected chi connectivity index (χ3v) is 3.54. The maximum absolute atomic E-state index is 5.29. The van der Waals surface area contributed by atoms with E-state index < -0.39 is 0 Å². The molecule has 0 radical (unpaired) electrons. The van der Waals surface area contributed by atoms with E-state index in [1.165, 1.54) is 51.7 Å². The zero-order valence-electron chi connectivity index (χ0n) is 11.3. The lowest BCUT2D eigenvalue weighted by Gasteiger charge is -2.32. The van der Waals surface area contributed by atoms with Gasteiger partial charge in [0.1, 0.15) is 0 Å². The molecule has 3 nitrogen and oxygen atoms in total. The normalized spacial score (nSPS) is 18.0. The van der Waals surface area contributed by atoms with E-state index >= 15 is 0 Å². The maximum atomic E-state index is 5.29. The van der Waals surface area contributed by atoms with E-state index in [9.17, 15) is 0 Å². The number of hydrogen-bond acceptors (Lipinski definition) is 2. The molecule has 4 heteroatoms. The molecule has 0 unspecified atom stereocenters. The summed E-state index contributed by atoms with van der Waals surface area (Å²) in [6.07, 6.45) is 6.10. The van der Waals surface area contributed by atoms with Crippen LogP contribution in [0.2, 0.25) is 0 Å². The average Bonchev–Trinajstić information content (AvgIpc) is 2.32. The van der Waals surface area contributed by atoms with Gasteiger partial charge in [0.2, 0.25) is 0 Å². The van der Waals surface area contributed by atoms with Crippen molar-refractivity contribution in [1.29, 1.82) is 0 Å². The van der Waals surface area contributed by atoms with Crippen molar-refractivity contribution in [3.05, 3.63) is 0 Å². The van der Waals surface area contributed by atoms with Crippen LogP contribution in [0.4, 0.5) is 0 Å². The molecular formula is C13H27N3S. The molecule has 0 saturated carbocycles. The Bertz CT molecular complexity index is 213. The van der Waals surface area contributed by atoms with Crippen LogP contribution >= 0.6 is 12.2 Å². The minimum atomic E-state index is 0.574. The van der Waals surface area contributed by atoms with Crippen LogP contribution in [0.5, 0.6) is 0 Å². The van der Waals surface area contributed by atoms with Gasteiger partial charge >= 0.3 is 0 Å². The number of rotatable bonds is 6. The fourth-order valence-electron chi connectivity index (χ4n) is 2.23. The Morgan fingerprint density at radius 3 is 2.53 bits per heavy atom. The molecule has 0 aromatic rings. The van der Waals surface area contributed by atoms with Crippen LogP contribution in [0.1, 0.15) is 46.0 Å². The Morgan fingerprint density at radius 1 is 1.24 bits per heavy atom. The van der Waals surface area contributed by atoms with Gasteiger partial charge in [-0.1, -0.05) is 20.3 Å². The Kier molecular flexibility index (Phi) is 7.53. The number of piperidine rings is 1. The lowest BCUT2D eigenvalue weighted by Crippen LogP contribution is -2.48. The third kappa shape index (κ3) is 6.22. The topological polar surface area (TPSA) is 27.3 Å². The van der Waals surface area contributed by atoms with Crippen LogP contribution in [0.25, 0.3) is 0 Å². The summed E-state index contributed by atoms with van der Waals surface area (Å²) >= 11 is 5.29. The molecule has 1 heterocycles. The lowest BCUT2D eigenvalue weighted by atomic mass is 10.1. The fourth-order valence-corrected chi connectivity index (χ4v) is 2.50. The predicted octanol–water partition coefficient (Wildman–Crippen LogP) is 2.12. The van der Waals surface area contributed by atoms with E-state index in [-0.39, 0.29) is 0 Å². The summed E-state index contributed by atoms with van der Waals surface area (Å²) in [4.78, 5) is 2.55. The molecule has 1 aliphatic rings. The summed E-state index contributed by atoms with van der Waals surface area (Å²) in [5.74, 6) is 0. The van der Waals surface area contributed by atoms with Gasteiger partial charge in [-0.3, -0.25) is 0 Å². The first-order valence-corrected chi connectivity index (χ1v) is 7.43. The Hall–Kier alpha value is -0.350. The molecular weight excluding hydrogens is 230 g/mol. The first kappa shape index (κ1) is 14.7. The molecule has 1 aliphatic heterocycles. The van der Waals surface area contributed by atoms with Crippen LogP contribution in [-0.2, 0) is 0 Å². The summed E-state index contributed by atoms with van der Waals surface area (Å²) < 4.78 is 0. The van der Waals surface area contributed by atoms with E-state index in [4.69, 9.17) is 12.2 Å². The van der Waals surface area contributed by atoms with E-state index in [0.29, 0.717) is 6.04 Å². The van der Waals surface area contributed by atoms with Crippen molar-refractivity contribution in [3.8, 4) is 0 Å². The van der Waals surface area contributed by atoms with E-state index in [1.54, 1.807) is 0 Å². The summed E-state index contributed by atoms with van der Waals surface area (Å²) in [7, 11) is 0. The standard InChI is InChI=1S/C13H27N3S/c1-3-5-8-14-13(17)15-12-6-10-16(9-4-2)11-7-12/h12H,3-11H2,1-2H3,(H2,14,15,17). The smallest absolute Gasteiger partial charge is 0.166 e. The highest BCUT2D eigenvalue weighted by Gasteiger charge is 2.18. The summed E-state index contributed by atoms with van der Waals surface area (Å²) in [6.45, 7) is 9.10. The van der Waals surface area contributed by atoms with E-state index in [0.717, 1.165) is 11.7 Å². The van der Waals surface area contributed by atoms with Gasteiger partial charge in [0, 0.05) is 25.7 Å². The van der Waals surface area contributed by atoms with Gasteiger partial charge in [0.05, 0.1) is 0 Å². The second-order valence-electron chi connectivity index (χ2n) is 4.87. The van der Waals surface area contributed by atoms with Crippen LogP contribution in [0, 0.1) is 0 Å². The highest BCUT2D eigenvalue weighted by Crippen LogP contribution is 2.10. The predicted molar refractivity (Wildman–Crippen MR) is 78.4 cm³/mol. The number of nitrogens with one attached hydrogen (secondary N) is 2. The average molecular weight is 257 g/mol. The van der Waals surface area contributed by atoms with E-state index in [1.807, 2.05) is 0 Å². The molecule has 1 rings (SSSR count). The molecule has 0 spiro atoms. The van der Waals surface area contributed by atoms with Crippen molar-refractivity contribution in [1.82, 2.24) is 15.5 Å². The maximum Gasteiger partial charge on any atom is 0.166 e. The summed E-state index contributed by atoms with van der Waals surface area (Å²) in [6, 6.07) is 0.574. The Labute approximate surface area is 111 Å². The summed E-state index contributed by atoms with van der Waals surface area (Å²) in [5, 5.41) is 7.55. The van der Waals surface area contributed by atoms with Crippen LogP contribution in [0.3, 0.4) is 0 Å². The third-order valence-electron chi connectivity index (χ3n) is 3.28. The quantitative estimate of drug-likeness (QED) is 0.563. The van der Waals surface area contributed by atoms with Gasteiger partial charge in [-0.15, -0.1) is 0 Å². The lowest BCUT2D eigenvalue weighted by molar-refractivity contribution is 0.206. The van der Waals surface area contributed by atoms with Crippen molar-refractivity contribution >= 4 is 17.3 Å². The Morgan fingerprint density at radius 2 is 1.94 bits per heavy atom. The molecule has 0 amide bonds. The molecule has 100 valence electrons. The molecule has 0 aliphatic carbocycles. The highest BCUT2D eigenvalue weighted by molar-refractivity contribution is 7.80. The SMILES string of the molecule is CCCCNC(=S)NC1CCN(CCC)CC1. The molecule has 17 heavy (non-hydrogen) atoms. The second-order valence-corrected chi connectivity index (χ2v) is 5.28. The van der Waals surface area contributed by atoms with Gasteiger partial charge in [-0.25, -0.2) is 0 Å². The number of unbranched alkanes of at least 4 members (excludes halogenated alkanes) is 1. The van der Waals surface area contributed by atoms with Crippen molar-refractivity contribution in [2.45, 2.75) is 52.0 Å². The molecule has 0 bridgehead atoms. The molecule has 1 saturated heterocycles. The molecule has 2 N–H and O–H groups in total. The summed E-state index contributed by atoms with van der Waals surface area (Å²) in [5.41, 5.74) is 0. The van der Waals surface area contributed by atoms with Crippen molar-refractivity contribution in [3.63, 3.8) is 0 Å². The molecule has 0 atom stereocenters. The monoisotopic (exact) mass is 257 g/mol. The first-order valence-electron chi connectivity index (χ1n) is 7.03. The van der Waals surface area contributed by atoms with Gasteiger partial charge in [-0.2, -0.15) is 0 Å².